The standard InChI is InChI=1S/C18H22N6O/c1-15-5-2-3-6-16(15)12-22-7-4-8-23(10-9-22)18(25)13-24-14-20-17(11-19)21-24/h2-3,5-6,14H,4,7-10,12-13H2,1H3. The lowest BCUT2D eigenvalue weighted by Crippen LogP contribution is -2.37. The summed E-state index contributed by atoms with van der Waals surface area (Å²) in [5.74, 6) is 0.111. The number of hydrogen-bond donors (Lipinski definition) is 0. The molecule has 0 atom stereocenters. The van der Waals surface area contributed by atoms with E-state index in [0.717, 1.165) is 32.6 Å². The normalized spacial score (nSPS) is 15.6. The Labute approximate surface area is 147 Å². The molecule has 1 aliphatic rings. The van der Waals surface area contributed by atoms with E-state index in [9.17, 15) is 4.79 Å². The molecule has 0 unspecified atom stereocenters. The van der Waals surface area contributed by atoms with Crippen LogP contribution in [0.1, 0.15) is 23.4 Å². The SMILES string of the molecule is Cc1ccccc1CN1CCCN(C(=O)Cn2cnc(C#N)n2)CC1. The van der Waals surface area contributed by atoms with Crippen molar-refractivity contribution >= 4 is 5.91 Å². The Morgan fingerprint density at radius 1 is 1.24 bits per heavy atom. The van der Waals surface area contributed by atoms with Crippen molar-refractivity contribution in [1.29, 1.82) is 5.26 Å². The molecule has 7 heteroatoms. The van der Waals surface area contributed by atoms with E-state index in [2.05, 4.69) is 46.2 Å². The summed E-state index contributed by atoms with van der Waals surface area (Å²) in [6.45, 7) is 6.50. The van der Waals surface area contributed by atoms with Gasteiger partial charge in [-0.25, -0.2) is 9.67 Å². The average molecular weight is 338 g/mol. The van der Waals surface area contributed by atoms with E-state index < -0.39 is 0 Å². The van der Waals surface area contributed by atoms with Gasteiger partial charge in [-0.15, -0.1) is 5.10 Å². The van der Waals surface area contributed by atoms with Crippen LogP contribution < -0.4 is 0 Å². The van der Waals surface area contributed by atoms with E-state index in [1.165, 1.54) is 22.1 Å². The van der Waals surface area contributed by atoms with Crippen molar-refractivity contribution in [3.05, 3.63) is 47.5 Å². The molecule has 1 saturated heterocycles. The van der Waals surface area contributed by atoms with E-state index >= 15 is 0 Å². The van der Waals surface area contributed by atoms with Gasteiger partial charge in [-0.3, -0.25) is 9.69 Å². The van der Waals surface area contributed by atoms with Crippen LogP contribution in [-0.4, -0.2) is 56.7 Å². The van der Waals surface area contributed by atoms with Gasteiger partial charge in [0.2, 0.25) is 5.91 Å². The van der Waals surface area contributed by atoms with Gasteiger partial charge in [0.05, 0.1) is 0 Å². The second-order valence-electron chi connectivity index (χ2n) is 6.31. The molecule has 130 valence electrons. The van der Waals surface area contributed by atoms with Crippen LogP contribution in [0.3, 0.4) is 0 Å². The monoisotopic (exact) mass is 338 g/mol. The third kappa shape index (κ3) is 4.43. The lowest BCUT2D eigenvalue weighted by molar-refractivity contribution is -0.131. The fourth-order valence-electron chi connectivity index (χ4n) is 3.07. The highest BCUT2D eigenvalue weighted by atomic mass is 16.2. The second kappa shape index (κ2) is 7.90. The number of aromatic nitrogens is 3. The Kier molecular flexibility index (Phi) is 5.41. The molecule has 0 N–H and O–H groups in total. The van der Waals surface area contributed by atoms with Crippen molar-refractivity contribution in [2.24, 2.45) is 0 Å². The van der Waals surface area contributed by atoms with Crippen LogP contribution in [0.15, 0.2) is 30.6 Å². The highest BCUT2D eigenvalue weighted by Crippen LogP contribution is 2.13. The number of amides is 1. The summed E-state index contributed by atoms with van der Waals surface area (Å²) in [7, 11) is 0. The number of carbonyl (C=O) groups is 1. The Bertz CT molecular complexity index is 778. The van der Waals surface area contributed by atoms with E-state index in [1.807, 2.05) is 11.0 Å². The first kappa shape index (κ1) is 17.1. The molecule has 1 aliphatic heterocycles. The number of nitriles is 1. The van der Waals surface area contributed by atoms with Crippen LogP contribution in [0.5, 0.6) is 0 Å². The molecular formula is C18H22N6O. The Morgan fingerprint density at radius 2 is 2.08 bits per heavy atom. The van der Waals surface area contributed by atoms with Crippen molar-refractivity contribution in [2.45, 2.75) is 26.4 Å². The van der Waals surface area contributed by atoms with Crippen molar-refractivity contribution < 1.29 is 4.79 Å². The minimum Gasteiger partial charge on any atom is -0.340 e. The highest BCUT2D eigenvalue weighted by Gasteiger charge is 2.20. The minimum atomic E-state index is 0.0205. The molecule has 2 aromatic rings. The summed E-state index contributed by atoms with van der Waals surface area (Å²) in [6, 6.07) is 10.3. The molecule has 1 aromatic heterocycles. The molecule has 0 saturated carbocycles. The van der Waals surface area contributed by atoms with Gasteiger partial charge in [0.1, 0.15) is 18.9 Å². The summed E-state index contributed by atoms with van der Waals surface area (Å²) >= 11 is 0. The van der Waals surface area contributed by atoms with Gasteiger partial charge >= 0.3 is 0 Å². The quantitative estimate of drug-likeness (QED) is 0.837. The lowest BCUT2D eigenvalue weighted by Gasteiger charge is -2.22. The Hall–Kier alpha value is -2.72. The number of aryl methyl sites for hydroxylation is 1. The van der Waals surface area contributed by atoms with Gasteiger partial charge in [-0.1, -0.05) is 24.3 Å². The van der Waals surface area contributed by atoms with E-state index in [-0.39, 0.29) is 18.3 Å². The van der Waals surface area contributed by atoms with Crippen molar-refractivity contribution in [3.8, 4) is 6.07 Å². The number of benzene rings is 1. The molecular weight excluding hydrogens is 316 g/mol. The van der Waals surface area contributed by atoms with Crippen LogP contribution in [0.4, 0.5) is 0 Å². The van der Waals surface area contributed by atoms with Gasteiger partial charge in [-0.05, 0) is 24.5 Å². The topological polar surface area (TPSA) is 78.0 Å². The van der Waals surface area contributed by atoms with Gasteiger partial charge in [0.15, 0.2) is 0 Å². The summed E-state index contributed by atoms with van der Waals surface area (Å²) in [5, 5.41) is 12.7. The third-order valence-electron chi connectivity index (χ3n) is 4.53. The van der Waals surface area contributed by atoms with E-state index in [1.54, 1.807) is 0 Å². The Balaban J connectivity index is 1.55. The Morgan fingerprint density at radius 3 is 2.84 bits per heavy atom. The molecule has 0 bridgehead atoms. The molecule has 1 amide bonds. The van der Waals surface area contributed by atoms with Crippen LogP contribution in [0.25, 0.3) is 0 Å². The summed E-state index contributed by atoms with van der Waals surface area (Å²) in [5.41, 5.74) is 2.65. The van der Waals surface area contributed by atoms with Gasteiger partial charge in [0.25, 0.3) is 5.82 Å². The van der Waals surface area contributed by atoms with Crippen molar-refractivity contribution in [2.75, 3.05) is 26.2 Å². The van der Waals surface area contributed by atoms with Crippen LogP contribution in [-0.2, 0) is 17.9 Å². The van der Waals surface area contributed by atoms with Crippen molar-refractivity contribution in [1.82, 2.24) is 24.6 Å². The highest BCUT2D eigenvalue weighted by molar-refractivity contribution is 5.75. The molecule has 0 spiro atoms. The molecule has 3 rings (SSSR count). The zero-order valence-electron chi connectivity index (χ0n) is 14.4. The lowest BCUT2D eigenvalue weighted by atomic mass is 10.1. The average Bonchev–Trinajstić information content (AvgIpc) is 2.93. The first-order valence-electron chi connectivity index (χ1n) is 8.50. The molecule has 25 heavy (non-hydrogen) atoms. The maximum absolute atomic E-state index is 12.5. The maximum Gasteiger partial charge on any atom is 0.252 e. The molecule has 2 heterocycles. The van der Waals surface area contributed by atoms with Crippen LogP contribution >= 0.6 is 0 Å². The third-order valence-corrected chi connectivity index (χ3v) is 4.53. The summed E-state index contributed by atoms with van der Waals surface area (Å²) < 4.78 is 1.43. The van der Waals surface area contributed by atoms with Crippen LogP contribution in [0.2, 0.25) is 0 Å². The largest absolute Gasteiger partial charge is 0.340 e. The summed E-state index contributed by atoms with van der Waals surface area (Å²) in [4.78, 5) is 20.6. The summed E-state index contributed by atoms with van der Waals surface area (Å²) in [6.07, 6.45) is 2.39. The van der Waals surface area contributed by atoms with Gasteiger partial charge in [0, 0.05) is 32.7 Å². The van der Waals surface area contributed by atoms with E-state index in [4.69, 9.17) is 5.26 Å². The fraction of sp³-hybridized carbons (Fsp3) is 0.444. The molecule has 0 radical (unpaired) electrons. The van der Waals surface area contributed by atoms with Crippen LogP contribution in [0, 0.1) is 18.3 Å². The number of rotatable bonds is 4. The van der Waals surface area contributed by atoms with Crippen molar-refractivity contribution in [3.63, 3.8) is 0 Å². The predicted octanol–water partition coefficient (Wildman–Crippen LogP) is 1.19. The molecule has 0 aliphatic carbocycles. The number of nitrogens with zero attached hydrogens (tertiary/aromatic N) is 6. The first-order chi connectivity index (χ1) is 12.2. The molecule has 1 fully saturated rings. The smallest absolute Gasteiger partial charge is 0.252 e. The molecule has 7 nitrogen and oxygen atoms in total. The second-order valence-corrected chi connectivity index (χ2v) is 6.31. The number of carbonyl (C=O) groups excluding carboxylic acids is 1. The van der Waals surface area contributed by atoms with E-state index in [0.29, 0.717) is 6.54 Å². The predicted molar refractivity (Wildman–Crippen MR) is 92.4 cm³/mol. The first-order valence-corrected chi connectivity index (χ1v) is 8.50. The minimum absolute atomic E-state index is 0.0205. The maximum atomic E-state index is 12.5. The zero-order valence-corrected chi connectivity index (χ0v) is 14.4. The zero-order chi connectivity index (χ0) is 17.6. The molecule has 1 aromatic carbocycles. The number of hydrogen-bond acceptors (Lipinski definition) is 5. The fourth-order valence-corrected chi connectivity index (χ4v) is 3.07. The van der Waals surface area contributed by atoms with Gasteiger partial charge < -0.3 is 4.90 Å². The van der Waals surface area contributed by atoms with Gasteiger partial charge in [-0.2, -0.15) is 5.26 Å².